The van der Waals surface area contributed by atoms with E-state index in [1.807, 2.05) is 34.9 Å². The topological polar surface area (TPSA) is 112 Å². The normalized spacial score (nSPS) is 20.6. The fourth-order valence-corrected chi connectivity index (χ4v) is 5.86. The third-order valence-electron chi connectivity index (χ3n) is 8.17. The summed E-state index contributed by atoms with van der Waals surface area (Å²) in [6, 6.07) is 11.5. The highest BCUT2D eigenvalue weighted by molar-refractivity contribution is 5.75. The number of halogens is 3. The average Bonchev–Trinajstić information content (AvgIpc) is 3.63. The van der Waals surface area contributed by atoms with Crippen LogP contribution >= 0.6 is 0 Å². The standard InChI is InChI=1S/C31H38F3N5O4/c32-23-6-7-26(33)25(12-23)28-18-38(16-20-4-2-1-3-5-20)30(37-28)29(21-8-10-43-11-9-21)39(17-22-13-35-15-27(22)34)31(42)36-14-24(41)19-40/h1-7,12,18,21-22,24,27,29,35,40-41H,8-11,13-17,19H2,(H,36,42). The molecule has 3 aromatic rings. The van der Waals surface area contributed by atoms with Crippen molar-refractivity contribution in [1.82, 2.24) is 25.1 Å². The number of carbonyl (C=O) groups is 1. The number of aliphatic hydroxyl groups excluding tert-OH is 2. The van der Waals surface area contributed by atoms with E-state index in [0.29, 0.717) is 45.0 Å². The van der Waals surface area contributed by atoms with Crippen LogP contribution in [0.2, 0.25) is 0 Å². The van der Waals surface area contributed by atoms with E-state index in [1.54, 1.807) is 11.1 Å². The van der Waals surface area contributed by atoms with E-state index >= 15 is 0 Å². The number of imidazole rings is 1. The van der Waals surface area contributed by atoms with Crippen LogP contribution < -0.4 is 10.6 Å². The van der Waals surface area contributed by atoms with Crippen LogP contribution in [0, 0.1) is 23.5 Å². The summed E-state index contributed by atoms with van der Waals surface area (Å²) in [5.41, 5.74) is 1.13. The van der Waals surface area contributed by atoms with Crippen molar-refractivity contribution >= 4 is 6.03 Å². The van der Waals surface area contributed by atoms with E-state index in [1.165, 1.54) is 0 Å². The molecule has 5 rings (SSSR count). The highest BCUT2D eigenvalue weighted by Gasteiger charge is 2.40. The second-order valence-electron chi connectivity index (χ2n) is 11.2. The maximum Gasteiger partial charge on any atom is 0.318 e. The Kier molecular flexibility index (Phi) is 10.3. The van der Waals surface area contributed by atoms with Crippen LogP contribution in [0.1, 0.15) is 30.3 Å². The van der Waals surface area contributed by atoms with Crippen molar-refractivity contribution in [3.8, 4) is 11.3 Å². The first kappa shape index (κ1) is 31.0. The number of carbonyl (C=O) groups excluding carboxylic acids is 1. The molecule has 43 heavy (non-hydrogen) atoms. The molecule has 0 radical (unpaired) electrons. The zero-order valence-electron chi connectivity index (χ0n) is 23.8. The minimum atomic E-state index is -1.17. The molecular formula is C31H38F3N5O4. The van der Waals surface area contributed by atoms with Crippen molar-refractivity contribution in [2.45, 2.75) is 37.7 Å². The zero-order chi connectivity index (χ0) is 30.3. The zero-order valence-corrected chi connectivity index (χ0v) is 23.8. The summed E-state index contributed by atoms with van der Waals surface area (Å²) in [6.07, 6.45) is 0.508. The molecule has 3 heterocycles. The van der Waals surface area contributed by atoms with Gasteiger partial charge in [0.1, 0.15) is 23.6 Å². The molecule has 0 spiro atoms. The van der Waals surface area contributed by atoms with Gasteiger partial charge in [0.2, 0.25) is 0 Å². The van der Waals surface area contributed by atoms with Crippen molar-refractivity contribution in [2.24, 2.45) is 11.8 Å². The number of benzene rings is 2. The Hall–Kier alpha value is -3.45. The molecule has 1 aromatic heterocycles. The summed E-state index contributed by atoms with van der Waals surface area (Å²) in [6.45, 7) is 1.14. The number of aliphatic hydroxyl groups is 2. The molecule has 2 fully saturated rings. The summed E-state index contributed by atoms with van der Waals surface area (Å²) in [5, 5.41) is 25.0. The number of aromatic nitrogens is 2. The lowest BCUT2D eigenvalue weighted by atomic mass is 9.89. The molecule has 4 atom stereocenters. The maximum absolute atomic E-state index is 15.0. The number of urea groups is 1. The van der Waals surface area contributed by atoms with Crippen LogP contribution in [-0.4, -0.2) is 89.0 Å². The van der Waals surface area contributed by atoms with Crippen LogP contribution in [0.3, 0.4) is 0 Å². The molecule has 12 heteroatoms. The number of amides is 2. The van der Waals surface area contributed by atoms with E-state index in [2.05, 4.69) is 10.6 Å². The number of alkyl halides is 1. The highest BCUT2D eigenvalue weighted by atomic mass is 19.1. The summed E-state index contributed by atoms with van der Waals surface area (Å²) >= 11 is 0. The van der Waals surface area contributed by atoms with E-state index < -0.39 is 48.5 Å². The smallest absolute Gasteiger partial charge is 0.318 e. The SMILES string of the molecule is O=C(NCC(O)CO)N(CC1CNCC1F)C(c1nc(-c2cc(F)ccc2F)cn1Cc1ccccc1)C1CCOCC1. The van der Waals surface area contributed by atoms with Gasteiger partial charge in [-0.25, -0.2) is 22.9 Å². The minimum Gasteiger partial charge on any atom is -0.394 e. The Morgan fingerprint density at radius 3 is 2.63 bits per heavy atom. The summed E-state index contributed by atoms with van der Waals surface area (Å²) in [7, 11) is 0. The first-order valence-electron chi connectivity index (χ1n) is 14.7. The average molecular weight is 602 g/mol. The number of nitrogens with zero attached hydrogens (tertiary/aromatic N) is 3. The van der Waals surface area contributed by atoms with E-state index in [4.69, 9.17) is 9.72 Å². The third kappa shape index (κ3) is 7.56. The summed E-state index contributed by atoms with van der Waals surface area (Å²) in [4.78, 5) is 20.3. The lowest BCUT2D eigenvalue weighted by Gasteiger charge is -2.40. The monoisotopic (exact) mass is 601 g/mol. The molecule has 2 amide bonds. The van der Waals surface area contributed by atoms with Gasteiger partial charge in [0.15, 0.2) is 0 Å². The molecule has 232 valence electrons. The van der Waals surface area contributed by atoms with Crippen LogP contribution in [0.25, 0.3) is 11.3 Å². The Morgan fingerprint density at radius 2 is 1.93 bits per heavy atom. The largest absolute Gasteiger partial charge is 0.394 e. The van der Waals surface area contributed by atoms with Crippen molar-refractivity contribution in [1.29, 1.82) is 0 Å². The Balaban J connectivity index is 1.62. The van der Waals surface area contributed by atoms with Gasteiger partial charge in [-0.2, -0.15) is 0 Å². The van der Waals surface area contributed by atoms with Crippen molar-refractivity contribution < 1.29 is 32.9 Å². The van der Waals surface area contributed by atoms with Gasteiger partial charge in [0.25, 0.3) is 0 Å². The van der Waals surface area contributed by atoms with Crippen LogP contribution in [0.4, 0.5) is 18.0 Å². The predicted molar refractivity (Wildman–Crippen MR) is 154 cm³/mol. The van der Waals surface area contributed by atoms with Crippen LogP contribution in [0.15, 0.2) is 54.7 Å². The van der Waals surface area contributed by atoms with E-state index in [0.717, 1.165) is 23.8 Å². The van der Waals surface area contributed by atoms with Crippen molar-refractivity contribution in [2.75, 3.05) is 46.0 Å². The first-order chi connectivity index (χ1) is 20.8. The number of rotatable bonds is 11. The molecule has 4 N–H and O–H groups in total. The van der Waals surface area contributed by atoms with Gasteiger partial charge < -0.3 is 35.1 Å². The first-order valence-corrected chi connectivity index (χ1v) is 14.7. The predicted octanol–water partition coefficient (Wildman–Crippen LogP) is 3.27. The van der Waals surface area contributed by atoms with Gasteiger partial charge in [-0.1, -0.05) is 30.3 Å². The molecule has 2 aliphatic heterocycles. The number of hydrogen-bond acceptors (Lipinski definition) is 6. The second-order valence-corrected chi connectivity index (χ2v) is 11.2. The Bertz CT molecular complexity index is 1350. The third-order valence-corrected chi connectivity index (χ3v) is 8.17. The molecule has 0 saturated carbocycles. The fraction of sp³-hybridized carbons (Fsp3) is 0.484. The summed E-state index contributed by atoms with van der Waals surface area (Å²) in [5.74, 6) is -1.42. The van der Waals surface area contributed by atoms with Gasteiger partial charge in [0.05, 0.1) is 24.4 Å². The molecule has 2 aromatic carbocycles. The van der Waals surface area contributed by atoms with Gasteiger partial charge >= 0.3 is 6.03 Å². The van der Waals surface area contributed by atoms with Crippen LogP contribution in [-0.2, 0) is 11.3 Å². The fourth-order valence-electron chi connectivity index (χ4n) is 5.86. The van der Waals surface area contributed by atoms with Gasteiger partial charge in [-0.3, -0.25) is 0 Å². The lowest BCUT2D eigenvalue weighted by Crippen LogP contribution is -2.50. The Labute approximate surface area is 248 Å². The van der Waals surface area contributed by atoms with Crippen molar-refractivity contribution in [3.05, 3.63) is 77.8 Å². The number of ether oxygens (including phenoxy) is 1. The van der Waals surface area contributed by atoms with Crippen molar-refractivity contribution in [3.63, 3.8) is 0 Å². The number of nitrogens with one attached hydrogen (secondary N) is 2. The number of hydrogen-bond donors (Lipinski definition) is 4. The molecule has 4 unspecified atom stereocenters. The quantitative estimate of drug-likeness (QED) is 0.269. The highest BCUT2D eigenvalue weighted by Crippen LogP contribution is 2.38. The maximum atomic E-state index is 15.0. The van der Waals surface area contributed by atoms with Gasteiger partial charge in [-0.05, 0) is 42.5 Å². The van der Waals surface area contributed by atoms with Crippen LogP contribution in [0.5, 0.6) is 0 Å². The molecule has 2 saturated heterocycles. The van der Waals surface area contributed by atoms with E-state index in [-0.39, 0.29) is 36.8 Å². The van der Waals surface area contributed by atoms with E-state index in [9.17, 15) is 28.2 Å². The molecule has 2 aliphatic rings. The summed E-state index contributed by atoms with van der Waals surface area (Å²) < 4.78 is 51.7. The Morgan fingerprint density at radius 1 is 1.16 bits per heavy atom. The lowest BCUT2D eigenvalue weighted by molar-refractivity contribution is 0.0249. The second kappa shape index (κ2) is 14.3. The minimum absolute atomic E-state index is 0.00956. The molecule has 0 bridgehead atoms. The van der Waals surface area contributed by atoms with Gasteiger partial charge in [0, 0.05) is 63.6 Å². The molecule has 0 aliphatic carbocycles. The van der Waals surface area contributed by atoms with Gasteiger partial charge in [-0.15, -0.1) is 0 Å². The molecular weight excluding hydrogens is 563 g/mol. The molecule has 9 nitrogen and oxygen atoms in total.